The minimum atomic E-state index is -0.117. The Kier molecular flexibility index (Phi) is 3.82. The van der Waals surface area contributed by atoms with Crippen molar-refractivity contribution in [2.45, 2.75) is 13.0 Å². The van der Waals surface area contributed by atoms with E-state index < -0.39 is 0 Å². The number of hydrogen-bond donors (Lipinski definition) is 2. The lowest BCUT2D eigenvalue weighted by molar-refractivity contribution is -0.115. The van der Waals surface area contributed by atoms with Crippen LogP contribution in [0.1, 0.15) is 21.5 Å². The van der Waals surface area contributed by atoms with E-state index in [9.17, 15) is 9.59 Å². The van der Waals surface area contributed by atoms with Crippen LogP contribution in [-0.4, -0.2) is 16.4 Å². The fourth-order valence-electron chi connectivity index (χ4n) is 2.97. The summed E-state index contributed by atoms with van der Waals surface area (Å²) in [5.41, 5.74) is 4.45. The molecule has 4 rings (SSSR count). The molecule has 0 saturated heterocycles. The SMILES string of the molecule is O=C1Cc2cc(CNC(=O)c3ccc(-n4cccc4)cc3)ccc2N1. The Labute approximate surface area is 145 Å². The minimum absolute atomic E-state index is 0.0129. The normalized spacial score (nSPS) is 12.6. The zero-order chi connectivity index (χ0) is 17.2. The standard InChI is InChI=1S/C20H17N3O2/c24-19-12-16-11-14(3-8-18(16)22-19)13-21-20(25)15-4-6-17(7-5-15)23-9-1-2-10-23/h1-11H,12-13H2,(H,21,25)(H,22,24). The molecule has 2 amide bonds. The van der Waals surface area contributed by atoms with Crippen LogP contribution in [0.4, 0.5) is 5.69 Å². The molecule has 2 heterocycles. The number of aromatic nitrogens is 1. The Morgan fingerprint density at radius 3 is 2.60 bits per heavy atom. The molecule has 2 aromatic carbocycles. The number of amides is 2. The molecule has 0 radical (unpaired) electrons. The summed E-state index contributed by atoms with van der Waals surface area (Å²) >= 11 is 0. The van der Waals surface area contributed by atoms with Crippen LogP contribution in [0.3, 0.4) is 0 Å². The summed E-state index contributed by atoms with van der Waals surface area (Å²) < 4.78 is 1.99. The van der Waals surface area contributed by atoms with Gasteiger partial charge in [0.2, 0.25) is 5.91 Å². The molecule has 0 aliphatic carbocycles. The zero-order valence-corrected chi connectivity index (χ0v) is 13.5. The van der Waals surface area contributed by atoms with Crippen LogP contribution in [0.2, 0.25) is 0 Å². The Bertz CT molecular complexity index is 928. The highest BCUT2D eigenvalue weighted by Crippen LogP contribution is 2.23. The van der Waals surface area contributed by atoms with Crippen molar-refractivity contribution in [1.82, 2.24) is 9.88 Å². The predicted molar refractivity (Wildman–Crippen MR) is 95.7 cm³/mol. The molecular formula is C20H17N3O2. The van der Waals surface area contributed by atoms with E-state index in [0.717, 1.165) is 22.5 Å². The molecule has 124 valence electrons. The van der Waals surface area contributed by atoms with Gasteiger partial charge in [0.1, 0.15) is 0 Å². The molecule has 1 aliphatic rings. The van der Waals surface area contributed by atoms with Crippen LogP contribution in [0, 0.1) is 0 Å². The second-order valence-electron chi connectivity index (χ2n) is 6.04. The third-order valence-electron chi connectivity index (χ3n) is 4.28. The summed E-state index contributed by atoms with van der Waals surface area (Å²) in [6.07, 6.45) is 4.32. The number of carbonyl (C=O) groups is 2. The van der Waals surface area contributed by atoms with Gasteiger partial charge in [0, 0.05) is 35.9 Å². The first kappa shape index (κ1) is 15.2. The van der Waals surface area contributed by atoms with E-state index in [-0.39, 0.29) is 11.8 Å². The smallest absolute Gasteiger partial charge is 0.251 e. The third kappa shape index (κ3) is 3.17. The predicted octanol–water partition coefficient (Wildman–Crippen LogP) is 2.90. The van der Waals surface area contributed by atoms with Crippen molar-refractivity contribution < 1.29 is 9.59 Å². The van der Waals surface area contributed by atoms with Gasteiger partial charge in [-0.25, -0.2) is 0 Å². The van der Waals surface area contributed by atoms with Crippen molar-refractivity contribution in [2.24, 2.45) is 0 Å². The Morgan fingerprint density at radius 2 is 1.84 bits per heavy atom. The number of nitrogens with zero attached hydrogens (tertiary/aromatic N) is 1. The van der Waals surface area contributed by atoms with Crippen molar-refractivity contribution in [1.29, 1.82) is 0 Å². The zero-order valence-electron chi connectivity index (χ0n) is 13.5. The minimum Gasteiger partial charge on any atom is -0.348 e. The molecule has 0 bridgehead atoms. The summed E-state index contributed by atoms with van der Waals surface area (Å²) in [6.45, 7) is 0.430. The van der Waals surface area contributed by atoms with Gasteiger partial charge in [-0.2, -0.15) is 0 Å². The van der Waals surface area contributed by atoms with Crippen molar-refractivity contribution in [3.8, 4) is 5.69 Å². The molecule has 0 atom stereocenters. The highest BCUT2D eigenvalue weighted by atomic mass is 16.2. The van der Waals surface area contributed by atoms with Crippen LogP contribution in [0.15, 0.2) is 67.0 Å². The maximum Gasteiger partial charge on any atom is 0.251 e. The highest BCUT2D eigenvalue weighted by Gasteiger charge is 2.17. The van der Waals surface area contributed by atoms with Gasteiger partial charge in [-0.1, -0.05) is 12.1 Å². The number of carbonyl (C=O) groups excluding carboxylic acids is 2. The van der Waals surface area contributed by atoms with Crippen LogP contribution in [-0.2, 0) is 17.8 Å². The number of fused-ring (bicyclic) bond motifs is 1. The lowest BCUT2D eigenvalue weighted by Gasteiger charge is -2.08. The second-order valence-corrected chi connectivity index (χ2v) is 6.04. The van der Waals surface area contributed by atoms with E-state index in [2.05, 4.69) is 10.6 Å². The van der Waals surface area contributed by atoms with Crippen LogP contribution >= 0.6 is 0 Å². The summed E-state index contributed by atoms with van der Waals surface area (Å²) in [5.74, 6) is -0.104. The molecule has 0 saturated carbocycles. The van der Waals surface area contributed by atoms with Gasteiger partial charge in [-0.05, 0) is 53.6 Å². The van der Waals surface area contributed by atoms with Gasteiger partial charge < -0.3 is 15.2 Å². The molecule has 1 aliphatic heterocycles. The monoisotopic (exact) mass is 331 g/mol. The Hall–Kier alpha value is -3.34. The van der Waals surface area contributed by atoms with Crippen LogP contribution in [0.25, 0.3) is 5.69 Å². The van der Waals surface area contributed by atoms with Gasteiger partial charge in [0.25, 0.3) is 5.91 Å². The van der Waals surface area contributed by atoms with Crippen LogP contribution in [0.5, 0.6) is 0 Å². The van der Waals surface area contributed by atoms with E-state index in [1.54, 1.807) is 0 Å². The Morgan fingerprint density at radius 1 is 1.08 bits per heavy atom. The maximum atomic E-state index is 12.3. The number of anilines is 1. The largest absolute Gasteiger partial charge is 0.348 e. The van der Waals surface area contributed by atoms with Gasteiger partial charge in [0.05, 0.1) is 6.42 Å². The average molecular weight is 331 g/mol. The molecule has 0 unspecified atom stereocenters. The van der Waals surface area contributed by atoms with Crippen molar-refractivity contribution in [3.63, 3.8) is 0 Å². The van der Waals surface area contributed by atoms with E-state index >= 15 is 0 Å². The summed E-state index contributed by atoms with van der Waals surface area (Å²) in [4.78, 5) is 23.7. The molecule has 5 heteroatoms. The number of nitrogens with one attached hydrogen (secondary N) is 2. The first-order chi connectivity index (χ1) is 12.2. The molecule has 1 aromatic heterocycles. The van der Waals surface area contributed by atoms with E-state index in [0.29, 0.717) is 18.5 Å². The number of benzene rings is 2. The molecule has 2 N–H and O–H groups in total. The van der Waals surface area contributed by atoms with Gasteiger partial charge in [0.15, 0.2) is 0 Å². The van der Waals surface area contributed by atoms with E-state index in [4.69, 9.17) is 0 Å². The molecule has 3 aromatic rings. The fraction of sp³-hybridized carbons (Fsp3) is 0.100. The van der Waals surface area contributed by atoms with Crippen molar-refractivity contribution >= 4 is 17.5 Å². The maximum absolute atomic E-state index is 12.3. The van der Waals surface area contributed by atoms with E-state index in [1.165, 1.54) is 0 Å². The summed E-state index contributed by atoms with van der Waals surface area (Å²) in [5, 5.41) is 5.72. The first-order valence-electron chi connectivity index (χ1n) is 8.12. The Balaban J connectivity index is 1.41. The number of rotatable bonds is 4. The highest BCUT2D eigenvalue weighted by molar-refractivity contribution is 5.99. The summed E-state index contributed by atoms with van der Waals surface area (Å²) in [6, 6.07) is 17.1. The van der Waals surface area contributed by atoms with Crippen LogP contribution < -0.4 is 10.6 Å². The van der Waals surface area contributed by atoms with Gasteiger partial charge in [-0.15, -0.1) is 0 Å². The van der Waals surface area contributed by atoms with Gasteiger partial charge in [-0.3, -0.25) is 9.59 Å². The molecule has 5 nitrogen and oxygen atoms in total. The number of hydrogen-bond acceptors (Lipinski definition) is 2. The molecular weight excluding hydrogens is 314 g/mol. The quantitative estimate of drug-likeness (QED) is 0.772. The molecule has 0 spiro atoms. The van der Waals surface area contributed by atoms with Gasteiger partial charge >= 0.3 is 0 Å². The third-order valence-corrected chi connectivity index (χ3v) is 4.28. The topological polar surface area (TPSA) is 63.1 Å². The molecule has 0 fully saturated rings. The second kappa shape index (κ2) is 6.28. The average Bonchev–Trinajstić information content (AvgIpc) is 3.28. The van der Waals surface area contributed by atoms with Crippen molar-refractivity contribution in [2.75, 3.05) is 5.32 Å². The van der Waals surface area contributed by atoms with Crippen molar-refractivity contribution in [3.05, 3.63) is 83.7 Å². The lowest BCUT2D eigenvalue weighted by atomic mass is 10.1. The first-order valence-corrected chi connectivity index (χ1v) is 8.12. The summed E-state index contributed by atoms with van der Waals surface area (Å²) in [7, 11) is 0. The lowest BCUT2D eigenvalue weighted by Crippen LogP contribution is -2.22. The fourth-order valence-corrected chi connectivity index (χ4v) is 2.97. The van der Waals surface area contributed by atoms with E-state index in [1.807, 2.05) is 71.6 Å². The molecule has 25 heavy (non-hydrogen) atoms.